The quantitative estimate of drug-likeness (QED) is 0.133. The fraction of sp³-hybridized carbons (Fsp3) is 0.541. The summed E-state index contributed by atoms with van der Waals surface area (Å²) in [5.74, 6) is -1.03. The minimum absolute atomic E-state index is 0. The molecule has 1 unspecified atom stereocenters. The van der Waals surface area contributed by atoms with Gasteiger partial charge in [-0.15, -0.1) is 0 Å². The monoisotopic (exact) mass is 647 g/mol. The number of rotatable bonds is 1. The Hall–Kier alpha value is -2.39. The van der Waals surface area contributed by atoms with Crippen molar-refractivity contribution in [3.05, 3.63) is 69.1 Å². The molecular weight excluding hydrogens is 594 g/mol. The summed E-state index contributed by atoms with van der Waals surface area (Å²) in [6, 6.07) is 3.13. The molecule has 46 heavy (non-hydrogen) atoms. The summed E-state index contributed by atoms with van der Waals surface area (Å²) < 4.78 is 21.1. The molecule has 4 heterocycles. The minimum Gasteiger partial charge on any atom is -0.545 e. The Kier molecular flexibility index (Phi) is 16.8. The van der Waals surface area contributed by atoms with E-state index in [4.69, 9.17) is 14.5 Å². The van der Waals surface area contributed by atoms with Gasteiger partial charge in [0.1, 0.15) is 12.4 Å². The van der Waals surface area contributed by atoms with Gasteiger partial charge in [-0.05, 0) is 59.8 Å². The molecule has 0 bridgehead atoms. The first-order valence-electron chi connectivity index (χ1n) is 15.8. The zero-order valence-electron chi connectivity index (χ0n) is 30.4. The van der Waals surface area contributed by atoms with E-state index in [1.807, 2.05) is 27.7 Å². The maximum Gasteiger partial charge on any atom is 1.00 e. The van der Waals surface area contributed by atoms with Gasteiger partial charge in [-0.3, -0.25) is 11.6 Å². The molecule has 1 N–H and O–H groups in total. The number of nitrogens with zero attached hydrogens (tertiary/aromatic N) is 2. The number of aliphatic hydroxyl groups excluding tert-OH is 1. The summed E-state index contributed by atoms with van der Waals surface area (Å²) >= 11 is 0. The number of carbonyl (C=O) groups is 1. The second-order valence-electron chi connectivity index (χ2n) is 12.5. The zero-order valence-corrected chi connectivity index (χ0v) is 32.4. The molecule has 0 saturated heterocycles. The van der Waals surface area contributed by atoms with Gasteiger partial charge in [-0.25, -0.2) is 14.2 Å². The third-order valence-electron chi connectivity index (χ3n) is 9.45. The van der Waals surface area contributed by atoms with Crippen LogP contribution in [0, 0.1) is 31.0 Å². The molecule has 3 aromatic rings. The van der Waals surface area contributed by atoms with Crippen LogP contribution in [-0.2, 0) is 40.3 Å². The molecule has 0 saturated carbocycles. The number of esters is 1. The normalized spacial score (nSPS) is 15.1. The van der Waals surface area contributed by atoms with E-state index in [2.05, 4.69) is 48.3 Å². The fourth-order valence-electron chi connectivity index (χ4n) is 5.59. The third kappa shape index (κ3) is 8.00. The number of pyridine rings is 2. The Morgan fingerprint density at radius 2 is 1.57 bits per heavy atom. The predicted octanol–water partition coefficient (Wildman–Crippen LogP) is 5.15. The van der Waals surface area contributed by atoms with Crippen LogP contribution in [0.2, 0.25) is 0 Å². The van der Waals surface area contributed by atoms with Crippen LogP contribution >= 0.6 is 0 Å². The summed E-state index contributed by atoms with van der Waals surface area (Å²) in [6.07, 6.45) is 2.38. The second kappa shape index (κ2) is 17.7. The Morgan fingerprint density at radius 1 is 1.00 bits per heavy atom. The van der Waals surface area contributed by atoms with Crippen LogP contribution in [0.4, 0.5) is 4.39 Å². The first kappa shape index (κ1) is 43.6. The van der Waals surface area contributed by atoms with Crippen molar-refractivity contribution >= 4 is 23.7 Å². The van der Waals surface area contributed by atoms with E-state index < -0.39 is 12.1 Å². The van der Waals surface area contributed by atoms with Gasteiger partial charge in [-0.1, -0.05) is 75.7 Å². The first-order valence-corrected chi connectivity index (χ1v) is 15.8. The SMILES string of the molecule is CC.CC.CCC(C)(C)C(C)(C)C.Cc1c(F)cc2nc3c(c4c2c1CCC4)Cn1c-3cc2c(c1=O)COC(=O)C2O.[CH-]=O.[CH3-].[Na+]. The Labute approximate surface area is 297 Å². The van der Waals surface area contributed by atoms with Crippen LogP contribution in [0.3, 0.4) is 0 Å². The van der Waals surface area contributed by atoms with Gasteiger partial charge < -0.3 is 26.6 Å². The maximum absolute atomic E-state index is 14.5. The van der Waals surface area contributed by atoms with Crippen LogP contribution in [0.15, 0.2) is 16.9 Å². The van der Waals surface area contributed by atoms with Crippen molar-refractivity contribution in [1.82, 2.24) is 9.55 Å². The van der Waals surface area contributed by atoms with Crippen LogP contribution in [0.25, 0.3) is 22.3 Å². The van der Waals surface area contributed by atoms with Gasteiger partial charge >= 0.3 is 35.5 Å². The number of aryl methyl sites for hydroxylation is 2. The average molecular weight is 648 g/mol. The van der Waals surface area contributed by atoms with Crippen molar-refractivity contribution in [3.8, 4) is 11.4 Å². The van der Waals surface area contributed by atoms with E-state index in [0.29, 0.717) is 45.4 Å². The number of hydrogen-bond donors (Lipinski definition) is 1. The number of fused-ring (bicyclic) bond motifs is 5. The molecule has 0 radical (unpaired) electrons. The van der Waals surface area contributed by atoms with Crippen LogP contribution in [0.1, 0.15) is 122 Å². The molecule has 1 aromatic carbocycles. The molecule has 0 spiro atoms. The molecule has 1 aliphatic carbocycles. The number of benzene rings is 1. The van der Waals surface area contributed by atoms with E-state index in [1.54, 1.807) is 17.6 Å². The number of carbonyl (C=O) groups excluding carboxylic acids is 2. The van der Waals surface area contributed by atoms with Crippen LogP contribution in [0.5, 0.6) is 0 Å². The Balaban J connectivity index is 0.00000103. The summed E-state index contributed by atoms with van der Waals surface area (Å²) in [5, 5.41) is 11.2. The average Bonchev–Trinajstić information content (AvgIpc) is 3.40. The second-order valence-corrected chi connectivity index (χ2v) is 12.5. The topological polar surface area (TPSA) is 98.5 Å². The van der Waals surface area contributed by atoms with E-state index in [1.165, 1.54) is 12.5 Å². The largest absolute Gasteiger partial charge is 1.00 e. The molecule has 1 atom stereocenters. The molecule has 0 fully saturated rings. The van der Waals surface area contributed by atoms with E-state index in [-0.39, 0.29) is 60.5 Å². The van der Waals surface area contributed by atoms with Crippen molar-refractivity contribution in [1.29, 1.82) is 0 Å². The maximum atomic E-state index is 14.5. The predicted molar refractivity (Wildman–Crippen MR) is 181 cm³/mol. The summed E-state index contributed by atoms with van der Waals surface area (Å²) in [7, 11) is 0. The number of aromatic nitrogens is 2. The Bertz CT molecular complexity index is 1570. The third-order valence-corrected chi connectivity index (χ3v) is 9.45. The molecule has 9 heteroatoms. The van der Waals surface area contributed by atoms with E-state index >= 15 is 0 Å². The van der Waals surface area contributed by atoms with Crippen molar-refractivity contribution in [3.63, 3.8) is 0 Å². The van der Waals surface area contributed by atoms with Gasteiger partial charge in [0.15, 0.2) is 6.10 Å². The first-order chi connectivity index (χ1) is 20.8. The zero-order chi connectivity index (χ0) is 33.7. The van der Waals surface area contributed by atoms with Gasteiger partial charge in [-0.2, -0.15) is 0 Å². The molecule has 2 aromatic heterocycles. The summed E-state index contributed by atoms with van der Waals surface area (Å²) in [4.78, 5) is 37.3. The van der Waals surface area contributed by atoms with Gasteiger partial charge in [0.05, 0.1) is 29.0 Å². The number of aliphatic hydroxyl groups is 1. The molecule has 3 aliphatic rings. The number of halogens is 1. The summed E-state index contributed by atoms with van der Waals surface area (Å²) in [6.45, 7) is 27.1. The van der Waals surface area contributed by atoms with Crippen molar-refractivity contribution in [2.24, 2.45) is 10.8 Å². The molecule has 250 valence electrons. The van der Waals surface area contributed by atoms with Crippen LogP contribution in [-0.4, -0.2) is 27.4 Å². The van der Waals surface area contributed by atoms with E-state index in [9.17, 15) is 19.1 Å². The van der Waals surface area contributed by atoms with Gasteiger partial charge in [0.25, 0.3) is 5.56 Å². The fourth-order valence-corrected chi connectivity index (χ4v) is 5.59. The number of cyclic esters (lactones) is 1. The van der Waals surface area contributed by atoms with Crippen molar-refractivity contribution < 1.29 is 53.4 Å². The Morgan fingerprint density at radius 3 is 2.09 bits per heavy atom. The molecule has 7 nitrogen and oxygen atoms in total. The molecule has 6 rings (SSSR count). The number of ether oxygens (including phenoxy) is 1. The van der Waals surface area contributed by atoms with Gasteiger partial charge in [0, 0.05) is 22.6 Å². The van der Waals surface area contributed by atoms with Crippen molar-refractivity contribution in [2.75, 3.05) is 0 Å². The minimum atomic E-state index is -1.48. The number of hydrogen-bond acceptors (Lipinski definition) is 6. The molecular formula is C37H53FN2NaO5-. The van der Waals surface area contributed by atoms with Crippen molar-refractivity contribution in [2.45, 2.75) is 121 Å². The molecule has 0 amide bonds. The van der Waals surface area contributed by atoms with E-state index in [0.717, 1.165) is 41.3 Å². The summed E-state index contributed by atoms with van der Waals surface area (Å²) in [5.41, 5.74) is 6.79. The van der Waals surface area contributed by atoms with Crippen LogP contribution < -0.4 is 35.1 Å². The smallest absolute Gasteiger partial charge is 0.545 e. The van der Waals surface area contributed by atoms with Gasteiger partial charge in [0.2, 0.25) is 0 Å². The standard InChI is InChI=1S/C22H17FN2O4.C9H20.2C2H6.CHO.CH3.Na/c1-9-10-3-2-4-11-13-7-25-17(19(13)24-16(18(10)11)6-15(9)23)5-12-14(21(25)27)8-29-22(28)20(12)26;1-7-9(5,6)8(2,3)4;3*1-2;;/h5-6,20,26H,2-4,7-8H2,1H3;7H2,1-6H3;2*1-2H3;1H;1H3;/q;;;;2*-1;+1. The molecule has 2 aliphatic heterocycles.